The van der Waals surface area contributed by atoms with E-state index in [2.05, 4.69) is 11.9 Å². The van der Waals surface area contributed by atoms with Crippen molar-refractivity contribution in [2.75, 3.05) is 6.54 Å². The van der Waals surface area contributed by atoms with Gasteiger partial charge in [0.05, 0.1) is 5.69 Å². The van der Waals surface area contributed by atoms with Gasteiger partial charge < -0.3 is 10.6 Å². The molecule has 2 N–H and O–H groups in total. The van der Waals surface area contributed by atoms with Crippen LogP contribution in [-0.2, 0) is 4.79 Å². The predicted octanol–water partition coefficient (Wildman–Crippen LogP) is 5.38. The Balaban J connectivity index is 2.28. The van der Waals surface area contributed by atoms with E-state index in [9.17, 15) is 22.4 Å². The van der Waals surface area contributed by atoms with Crippen LogP contribution in [-0.4, -0.2) is 29.0 Å². The monoisotopic (exact) mass is 423 g/mol. The summed E-state index contributed by atoms with van der Waals surface area (Å²) in [5.41, 5.74) is 6.64. The standard InChI is InChI=1S/C22H25F4N3O/c1-3-4-5-9-29(14-30)10-8-16-12-18(19(23)11-15(16)2)20-7-6-17(13-28-20)21(27)22(24,25)26/h6-8,10-14,21H,3-5,9,27H2,1-2H3/b10-8-. The first kappa shape index (κ1) is 23.5. The molecule has 0 bridgehead atoms. The molecule has 0 spiro atoms. The molecular formula is C22H25F4N3O. The van der Waals surface area contributed by atoms with Crippen LogP contribution < -0.4 is 5.73 Å². The minimum atomic E-state index is -4.59. The lowest BCUT2D eigenvalue weighted by Gasteiger charge is -2.16. The molecule has 1 unspecified atom stereocenters. The minimum Gasteiger partial charge on any atom is -0.322 e. The highest BCUT2D eigenvalue weighted by atomic mass is 19.4. The molecule has 1 aromatic carbocycles. The molecule has 0 aliphatic rings. The molecule has 8 heteroatoms. The van der Waals surface area contributed by atoms with E-state index in [4.69, 9.17) is 5.73 Å². The molecule has 2 aromatic rings. The second-order valence-electron chi connectivity index (χ2n) is 7.05. The summed E-state index contributed by atoms with van der Waals surface area (Å²) >= 11 is 0. The number of benzene rings is 1. The third-order valence-corrected chi connectivity index (χ3v) is 4.73. The van der Waals surface area contributed by atoms with E-state index < -0.39 is 18.0 Å². The third-order valence-electron chi connectivity index (χ3n) is 4.73. The zero-order valence-electron chi connectivity index (χ0n) is 16.9. The first-order chi connectivity index (χ1) is 14.2. The topological polar surface area (TPSA) is 59.2 Å². The highest BCUT2D eigenvalue weighted by Crippen LogP contribution is 2.31. The highest BCUT2D eigenvalue weighted by molar-refractivity contribution is 5.68. The number of rotatable bonds is 9. The Morgan fingerprint density at radius 1 is 1.23 bits per heavy atom. The van der Waals surface area contributed by atoms with Crippen LogP contribution in [0, 0.1) is 12.7 Å². The molecule has 0 radical (unpaired) electrons. The number of aromatic nitrogens is 1. The van der Waals surface area contributed by atoms with E-state index in [0.29, 0.717) is 17.7 Å². The average Bonchev–Trinajstić information content (AvgIpc) is 2.70. The maximum atomic E-state index is 14.5. The number of nitrogens with zero attached hydrogens (tertiary/aromatic N) is 2. The van der Waals surface area contributed by atoms with E-state index in [0.717, 1.165) is 31.9 Å². The molecule has 0 fully saturated rings. The van der Waals surface area contributed by atoms with Crippen molar-refractivity contribution in [3.05, 3.63) is 59.2 Å². The molecule has 162 valence electrons. The van der Waals surface area contributed by atoms with Gasteiger partial charge in [0.1, 0.15) is 11.9 Å². The Labute approximate surface area is 173 Å². The van der Waals surface area contributed by atoms with Crippen molar-refractivity contribution < 1.29 is 22.4 Å². The second kappa shape index (κ2) is 10.3. The number of nitrogens with two attached hydrogens (primary N) is 1. The Bertz CT molecular complexity index is 879. The fourth-order valence-corrected chi connectivity index (χ4v) is 2.89. The Morgan fingerprint density at radius 2 is 1.97 bits per heavy atom. The van der Waals surface area contributed by atoms with Crippen molar-refractivity contribution in [2.24, 2.45) is 5.73 Å². The van der Waals surface area contributed by atoms with Crippen LogP contribution in [0.4, 0.5) is 17.6 Å². The molecule has 0 saturated carbocycles. The summed E-state index contributed by atoms with van der Waals surface area (Å²) in [6.45, 7) is 4.39. The Hall–Kier alpha value is -2.74. The summed E-state index contributed by atoms with van der Waals surface area (Å²) in [5.74, 6) is -0.541. The molecule has 1 atom stereocenters. The van der Waals surface area contributed by atoms with Gasteiger partial charge in [-0.05, 0) is 54.3 Å². The molecule has 0 saturated heterocycles. The smallest absolute Gasteiger partial charge is 0.322 e. The lowest BCUT2D eigenvalue weighted by molar-refractivity contribution is -0.149. The van der Waals surface area contributed by atoms with Crippen molar-refractivity contribution in [1.82, 2.24) is 9.88 Å². The van der Waals surface area contributed by atoms with Crippen LogP contribution in [0.3, 0.4) is 0 Å². The molecule has 0 aliphatic heterocycles. The van der Waals surface area contributed by atoms with Crippen LogP contribution >= 0.6 is 0 Å². The van der Waals surface area contributed by atoms with Crippen molar-refractivity contribution in [3.63, 3.8) is 0 Å². The van der Waals surface area contributed by atoms with Gasteiger partial charge in [-0.15, -0.1) is 0 Å². The first-order valence-electron chi connectivity index (χ1n) is 9.65. The maximum Gasteiger partial charge on any atom is 0.407 e. The normalized spacial score (nSPS) is 12.9. The van der Waals surface area contributed by atoms with Crippen molar-refractivity contribution in [2.45, 2.75) is 45.3 Å². The van der Waals surface area contributed by atoms with Gasteiger partial charge >= 0.3 is 6.18 Å². The first-order valence-corrected chi connectivity index (χ1v) is 9.65. The number of pyridine rings is 1. The van der Waals surface area contributed by atoms with Gasteiger partial charge in [-0.2, -0.15) is 13.2 Å². The van der Waals surface area contributed by atoms with E-state index in [1.54, 1.807) is 25.3 Å². The highest BCUT2D eigenvalue weighted by Gasteiger charge is 2.38. The molecule has 30 heavy (non-hydrogen) atoms. The van der Waals surface area contributed by atoms with Crippen LogP contribution in [0.15, 0.2) is 36.7 Å². The Morgan fingerprint density at radius 3 is 2.53 bits per heavy atom. The zero-order valence-corrected chi connectivity index (χ0v) is 16.9. The summed E-state index contributed by atoms with van der Waals surface area (Å²) in [6, 6.07) is 3.24. The number of unbranched alkanes of at least 4 members (excludes halogenated alkanes) is 2. The van der Waals surface area contributed by atoms with E-state index in [1.807, 2.05) is 0 Å². The maximum absolute atomic E-state index is 14.5. The Kier molecular flexibility index (Phi) is 8.11. The van der Waals surface area contributed by atoms with Gasteiger partial charge in [-0.1, -0.05) is 25.8 Å². The minimum absolute atomic E-state index is 0.149. The fraction of sp³-hybridized carbons (Fsp3) is 0.364. The largest absolute Gasteiger partial charge is 0.407 e. The SMILES string of the molecule is CCCCCN(C=O)/C=C\c1cc(-c2ccc(C(N)C(F)(F)F)cn2)c(F)cc1C. The van der Waals surface area contributed by atoms with Gasteiger partial charge in [-0.3, -0.25) is 9.78 Å². The lowest BCUT2D eigenvalue weighted by atomic mass is 10.0. The summed E-state index contributed by atoms with van der Waals surface area (Å²) in [7, 11) is 0. The van der Waals surface area contributed by atoms with Crippen LogP contribution in [0.25, 0.3) is 17.3 Å². The third kappa shape index (κ3) is 6.13. The number of amides is 1. The number of alkyl halides is 3. The number of hydrogen-bond acceptors (Lipinski definition) is 3. The van der Waals surface area contributed by atoms with Gasteiger partial charge in [0.15, 0.2) is 0 Å². The van der Waals surface area contributed by atoms with Gasteiger partial charge in [0, 0.05) is 24.5 Å². The predicted molar refractivity (Wildman–Crippen MR) is 109 cm³/mol. The molecule has 1 amide bonds. The van der Waals surface area contributed by atoms with E-state index in [1.165, 1.54) is 23.1 Å². The zero-order chi connectivity index (χ0) is 22.3. The number of carbonyl (C=O) groups is 1. The fourth-order valence-electron chi connectivity index (χ4n) is 2.89. The molecule has 0 aliphatic carbocycles. The summed E-state index contributed by atoms with van der Waals surface area (Å²) in [4.78, 5) is 16.7. The molecule has 2 rings (SSSR count). The van der Waals surface area contributed by atoms with Gasteiger partial charge in [-0.25, -0.2) is 4.39 Å². The number of halogens is 4. The van der Waals surface area contributed by atoms with Gasteiger partial charge in [0.2, 0.25) is 6.41 Å². The van der Waals surface area contributed by atoms with Crippen LogP contribution in [0.1, 0.15) is 48.9 Å². The summed E-state index contributed by atoms with van der Waals surface area (Å²) in [6.07, 6.45) is 3.41. The molecular weight excluding hydrogens is 398 g/mol. The van der Waals surface area contributed by atoms with Gasteiger partial charge in [0.25, 0.3) is 0 Å². The summed E-state index contributed by atoms with van der Waals surface area (Å²) < 4.78 is 52.7. The number of hydrogen-bond donors (Lipinski definition) is 1. The molecule has 1 heterocycles. The van der Waals surface area contributed by atoms with Crippen LogP contribution in [0.5, 0.6) is 0 Å². The van der Waals surface area contributed by atoms with E-state index in [-0.39, 0.29) is 16.8 Å². The molecule has 4 nitrogen and oxygen atoms in total. The summed E-state index contributed by atoms with van der Waals surface area (Å²) in [5, 5.41) is 0. The average molecular weight is 423 g/mol. The number of aryl methyl sites for hydroxylation is 1. The second-order valence-corrected chi connectivity index (χ2v) is 7.05. The lowest BCUT2D eigenvalue weighted by Crippen LogP contribution is -2.28. The van der Waals surface area contributed by atoms with E-state index >= 15 is 0 Å². The number of carbonyl (C=O) groups excluding carboxylic acids is 1. The van der Waals surface area contributed by atoms with Crippen molar-refractivity contribution in [3.8, 4) is 11.3 Å². The molecule has 1 aromatic heterocycles. The quantitative estimate of drug-likeness (QED) is 0.335. The van der Waals surface area contributed by atoms with Crippen molar-refractivity contribution in [1.29, 1.82) is 0 Å². The van der Waals surface area contributed by atoms with Crippen molar-refractivity contribution >= 4 is 12.5 Å². The van der Waals surface area contributed by atoms with Crippen LogP contribution in [0.2, 0.25) is 0 Å².